The molecule has 0 aromatic heterocycles. The molecule has 2 aliphatic rings. The highest BCUT2D eigenvalue weighted by atomic mass is 16.2. The van der Waals surface area contributed by atoms with E-state index in [1.54, 1.807) is 0 Å². The standard InChI is InChI=1S/C22H24N2O2/c1-14(2)13-17-18-19(20(23-17)15-9-5-3-6-10-15)22(26)24(21(18)25)16-11-7-4-8-12-16/h3-12,14,17-20,23H,13H2,1-2H3/t17-,18-,19-,20-/m0/s1. The smallest absolute Gasteiger partial charge is 0.239 e. The number of hydrogen-bond acceptors (Lipinski definition) is 3. The van der Waals surface area contributed by atoms with Gasteiger partial charge in [-0.2, -0.15) is 0 Å². The molecule has 4 nitrogen and oxygen atoms in total. The Morgan fingerprint density at radius 2 is 1.46 bits per heavy atom. The molecule has 0 unspecified atom stereocenters. The molecule has 2 fully saturated rings. The lowest BCUT2D eigenvalue weighted by Gasteiger charge is -2.23. The van der Waals surface area contributed by atoms with Crippen LogP contribution in [0.3, 0.4) is 0 Å². The van der Waals surface area contributed by atoms with Gasteiger partial charge < -0.3 is 5.32 Å². The van der Waals surface area contributed by atoms with Crippen molar-refractivity contribution in [1.82, 2.24) is 5.32 Å². The molecule has 134 valence electrons. The summed E-state index contributed by atoms with van der Waals surface area (Å²) in [6.07, 6.45) is 0.881. The second kappa shape index (κ2) is 6.69. The Hall–Kier alpha value is -2.46. The van der Waals surface area contributed by atoms with Crippen LogP contribution >= 0.6 is 0 Å². The van der Waals surface area contributed by atoms with Crippen molar-refractivity contribution in [3.8, 4) is 0 Å². The van der Waals surface area contributed by atoms with Gasteiger partial charge in [0.25, 0.3) is 0 Å². The fourth-order valence-electron chi connectivity index (χ4n) is 4.44. The van der Waals surface area contributed by atoms with Crippen LogP contribution < -0.4 is 10.2 Å². The fourth-order valence-corrected chi connectivity index (χ4v) is 4.44. The van der Waals surface area contributed by atoms with Crippen molar-refractivity contribution in [1.29, 1.82) is 0 Å². The molecule has 2 saturated heterocycles. The summed E-state index contributed by atoms with van der Waals surface area (Å²) >= 11 is 0. The van der Waals surface area contributed by atoms with Gasteiger partial charge in [-0.05, 0) is 30.0 Å². The van der Waals surface area contributed by atoms with Gasteiger partial charge in [0.05, 0.1) is 17.5 Å². The minimum absolute atomic E-state index is 0.0235. The molecule has 26 heavy (non-hydrogen) atoms. The number of hydrogen-bond donors (Lipinski definition) is 1. The van der Waals surface area contributed by atoms with Gasteiger partial charge in [-0.3, -0.25) is 9.59 Å². The summed E-state index contributed by atoms with van der Waals surface area (Å²) in [6, 6.07) is 19.2. The highest BCUT2D eigenvalue weighted by molar-refractivity contribution is 6.22. The maximum absolute atomic E-state index is 13.3. The Kier molecular flexibility index (Phi) is 4.37. The third-order valence-electron chi connectivity index (χ3n) is 5.48. The van der Waals surface area contributed by atoms with Crippen LogP contribution in [0.4, 0.5) is 5.69 Å². The maximum Gasteiger partial charge on any atom is 0.239 e. The Morgan fingerprint density at radius 1 is 0.885 bits per heavy atom. The molecule has 0 radical (unpaired) electrons. The van der Waals surface area contributed by atoms with Crippen LogP contribution in [0.1, 0.15) is 31.9 Å². The third-order valence-corrected chi connectivity index (χ3v) is 5.48. The zero-order valence-electron chi connectivity index (χ0n) is 15.1. The summed E-state index contributed by atoms with van der Waals surface area (Å²) in [5.41, 5.74) is 1.75. The molecule has 2 amide bonds. The van der Waals surface area contributed by atoms with Crippen molar-refractivity contribution >= 4 is 17.5 Å². The van der Waals surface area contributed by atoms with Gasteiger partial charge in [0.15, 0.2) is 0 Å². The minimum Gasteiger partial charge on any atom is -0.306 e. The zero-order chi connectivity index (χ0) is 18.3. The highest BCUT2D eigenvalue weighted by Gasteiger charge is 2.59. The molecule has 2 aromatic carbocycles. The predicted octanol–water partition coefficient (Wildman–Crippen LogP) is 3.55. The average Bonchev–Trinajstić information content (AvgIpc) is 3.13. The van der Waals surface area contributed by atoms with E-state index in [0.717, 1.165) is 12.0 Å². The van der Waals surface area contributed by atoms with E-state index in [2.05, 4.69) is 19.2 Å². The number of nitrogens with zero attached hydrogens (tertiary/aromatic N) is 1. The van der Waals surface area contributed by atoms with Crippen LogP contribution in [0.5, 0.6) is 0 Å². The molecule has 0 bridgehead atoms. The van der Waals surface area contributed by atoms with Gasteiger partial charge in [0.1, 0.15) is 0 Å². The van der Waals surface area contributed by atoms with Crippen molar-refractivity contribution in [3.05, 3.63) is 66.2 Å². The Labute approximate surface area is 154 Å². The molecule has 0 spiro atoms. The highest BCUT2D eigenvalue weighted by Crippen LogP contribution is 2.46. The molecule has 2 heterocycles. The number of amides is 2. The second-order valence-electron chi connectivity index (χ2n) is 7.69. The van der Waals surface area contributed by atoms with E-state index < -0.39 is 0 Å². The van der Waals surface area contributed by atoms with Crippen LogP contribution in [0.2, 0.25) is 0 Å². The van der Waals surface area contributed by atoms with Crippen LogP contribution in [0, 0.1) is 17.8 Å². The number of nitrogens with one attached hydrogen (secondary N) is 1. The summed E-state index contributed by atoms with van der Waals surface area (Å²) in [5, 5.41) is 3.61. The summed E-state index contributed by atoms with van der Waals surface area (Å²) < 4.78 is 0. The largest absolute Gasteiger partial charge is 0.306 e. The van der Waals surface area contributed by atoms with E-state index in [0.29, 0.717) is 11.6 Å². The summed E-state index contributed by atoms with van der Waals surface area (Å²) in [7, 11) is 0. The van der Waals surface area contributed by atoms with Crippen LogP contribution in [0.25, 0.3) is 0 Å². The van der Waals surface area contributed by atoms with E-state index in [1.807, 2.05) is 60.7 Å². The van der Waals surface area contributed by atoms with Gasteiger partial charge in [-0.1, -0.05) is 62.4 Å². The van der Waals surface area contributed by atoms with Crippen LogP contribution in [0.15, 0.2) is 60.7 Å². The number of para-hydroxylation sites is 1. The monoisotopic (exact) mass is 348 g/mol. The molecular formula is C22H24N2O2. The van der Waals surface area contributed by atoms with Crippen LogP contribution in [-0.4, -0.2) is 17.9 Å². The summed E-state index contributed by atoms with van der Waals surface area (Å²) in [4.78, 5) is 27.9. The quantitative estimate of drug-likeness (QED) is 0.860. The SMILES string of the molecule is CC(C)C[C@@H]1N[C@@H](c2ccccc2)[C@H]2C(=O)N(c3ccccc3)C(=O)[C@H]21. The molecule has 4 heteroatoms. The minimum atomic E-state index is -0.339. The first kappa shape index (κ1) is 17.0. The van der Waals surface area contributed by atoms with E-state index >= 15 is 0 Å². The van der Waals surface area contributed by atoms with Crippen molar-refractivity contribution in [2.75, 3.05) is 4.90 Å². The number of fused-ring (bicyclic) bond motifs is 1. The first-order chi connectivity index (χ1) is 12.6. The van der Waals surface area contributed by atoms with E-state index in [9.17, 15) is 9.59 Å². The van der Waals surface area contributed by atoms with Crippen molar-refractivity contribution in [2.24, 2.45) is 17.8 Å². The van der Waals surface area contributed by atoms with Gasteiger partial charge in [0, 0.05) is 12.1 Å². The lowest BCUT2D eigenvalue weighted by atomic mass is 9.84. The first-order valence-electron chi connectivity index (χ1n) is 9.32. The van der Waals surface area contributed by atoms with Crippen LogP contribution in [-0.2, 0) is 9.59 Å². The molecule has 4 rings (SSSR count). The van der Waals surface area contributed by atoms with Gasteiger partial charge in [0.2, 0.25) is 11.8 Å². The molecule has 4 atom stereocenters. The number of rotatable bonds is 4. The van der Waals surface area contributed by atoms with Gasteiger partial charge >= 0.3 is 0 Å². The predicted molar refractivity (Wildman–Crippen MR) is 101 cm³/mol. The molecule has 0 saturated carbocycles. The maximum atomic E-state index is 13.3. The van der Waals surface area contributed by atoms with E-state index in [4.69, 9.17) is 0 Å². The lowest BCUT2D eigenvalue weighted by molar-refractivity contribution is -0.123. The summed E-state index contributed by atoms with van der Waals surface area (Å²) in [5.74, 6) is -0.331. The van der Waals surface area contributed by atoms with Gasteiger partial charge in [-0.25, -0.2) is 4.90 Å². The Bertz CT molecular complexity index is 803. The average molecular weight is 348 g/mol. The number of carbonyl (C=O) groups excluding carboxylic acids is 2. The molecule has 2 aromatic rings. The lowest BCUT2D eigenvalue weighted by Crippen LogP contribution is -2.40. The van der Waals surface area contributed by atoms with Crippen molar-refractivity contribution in [2.45, 2.75) is 32.4 Å². The Morgan fingerprint density at radius 3 is 2.08 bits per heavy atom. The number of imide groups is 1. The number of benzene rings is 2. The van der Waals surface area contributed by atoms with Crippen molar-refractivity contribution < 1.29 is 9.59 Å². The number of anilines is 1. The normalized spacial score (nSPS) is 28.0. The topological polar surface area (TPSA) is 49.4 Å². The third kappa shape index (κ3) is 2.74. The van der Waals surface area contributed by atoms with Gasteiger partial charge in [-0.15, -0.1) is 0 Å². The van der Waals surface area contributed by atoms with E-state index in [1.165, 1.54) is 4.90 Å². The molecule has 0 aliphatic carbocycles. The zero-order valence-corrected chi connectivity index (χ0v) is 15.1. The summed E-state index contributed by atoms with van der Waals surface area (Å²) in [6.45, 7) is 4.31. The van der Waals surface area contributed by atoms with Crippen molar-refractivity contribution in [3.63, 3.8) is 0 Å². The molecule has 2 aliphatic heterocycles. The fraction of sp³-hybridized carbons (Fsp3) is 0.364. The van der Waals surface area contributed by atoms with E-state index in [-0.39, 0.29) is 35.7 Å². The first-order valence-corrected chi connectivity index (χ1v) is 9.32. The number of carbonyl (C=O) groups is 2. The second-order valence-corrected chi connectivity index (χ2v) is 7.69. The molecule has 1 N–H and O–H groups in total. The Balaban J connectivity index is 1.74. The molecular weight excluding hydrogens is 324 g/mol.